The fourth-order valence-electron chi connectivity index (χ4n) is 3.33. The summed E-state index contributed by atoms with van der Waals surface area (Å²) in [5, 5.41) is 4.16. The molecule has 1 aliphatic carbocycles. The normalized spacial score (nSPS) is 20.9. The highest BCUT2D eigenvalue weighted by atomic mass is 16.5. The number of amides is 1. The van der Waals surface area contributed by atoms with Crippen LogP contribution in [0.4, 0.5) is 0 Å². The summed E-state index contributed by atoms with van der Waals surface area (Å²) in [6.07, 6.45) is 5.13. The van der Waals surface area contributed by atoms with E-state index in [2.05, 4.69) is 17.2 Å². The molecule has 1 aromatic carbocycles. The zero-order chi connectivity index (χ0) is 16.9. The van der Waals surface area contributed by atoms with Crippen LogP contribution in [0.15, 0.2) is 35.1 Å². The molecule has 1 aromatic heterocycles. The standard InChI is InChI=1S/C19H24N2O3/c1-13-6-2-5-9-17(13)24-11-10-20-19(23)16-12-14-7-3-4-8-15(14)18(22)21-16/h3-4,7-8,12-13,17H,2,5-6,9-11H2,1H3,(H,20,23)(H,21,22)/t13-,17-/m0/s1. The molecule has 2 aromatic rings. The van der Waals surface area contributed by atoms with Gasteiger partial charge in [-0.1, -0.05) is 38.0 Å². The number of carbonyl (C=O) groups excluding carboxylic acids is 1. The molecule has 2 N–H and O–H groups in total. The topological polar surface area (TPSA) is 71.2 Å². The summed E-state index contributed by atoms with van der Waals surface area (Å²) in [5.41, 5.74) is 0.0373. The van der Waals surface area contributed by atoms with Gasteiger partial charge in [0, 0.05) is 11.9 Å². The molecule has 1 amide bonds. The van der Waals surface area contributed by atoms with E-state index in [1.54, 1.807) is 18.2 Å². The van der Waals surface area contributed by atoms with Crippen LogP contribution in [0.5, 0.6) is 0 Å². The summed E-state index contributed by atoms with van der Waals surface area (Å²) >= 11 is 0. The van der Waals surface area contributed by atoms with E-state index in [0.717, 1.165) is 11.8 Å². The third-order valence-electron chi connectivity index (χ3n) is 4.75. The molecule has 0 radical (unpaired) electrons. The third-order valence-corrected chi connectivity index (χ3v) is 4.75. The van der Waals surface area contributed by atoms with Crippen LogP contribution in [0.25, 0.3) is 10.8 Å². The maximum atomic E-state index is 12.2. The molecule has 1 aliphatic rings. The number of fused-ring (bicyclic) bond motifs is 1. The molecule has 0 saturated heterocycles. The van der Waals surface area contributed by atoms with Crippen LogP contribution in [-0.2, 0) is 4.74 Å². The van der Waals surface area contributed by atoms with Gasteiger partial charge in [0.15, 0.2) is 0 Å². The zero-order valence-corrected chi connectivity index (χ0v) is 14.0. The van der Waals surface area contributed by atoms with Gasteiger partial charge in [-0.2, -0.15) is 0 Å². The first kappa shape index (κ1) is 16.7. The number of benzene rings is 1. The van der Waals surface area contributed by atoms with Crippen LogP contribution in [0, 0.1) is 5.92 Å². The quantitative estimate of drug-likeness (QED) is 0.829. The molecule has 0 bridgehead atoms. The van der Waals surface area contributed by atoms with Crippen LogP contribution in [-0.4, -0.2) is 30.1 Å². The maximum Gasteiger partial charge on any atom is 0.267 e. The van der Waals surface area contributed by atoms with Crippen LogP contribution in [0.2, 0.25) is 0 Å². The molecule has 5 heteroatoms. The summed E-state index contributed by atoms with van der Waals surface area (Å²) in [6.45, 7) is 3.16. The molecule has 1 heterocycles. The fourth-order valence-corrected chi connectivity index (χ4v) is 3.33. The molecular weight excluding hydrogens is 304 g/mol. The van der Waals surface area contributed by atoms with Gasteiger partial charge >= 0.3 is 0 Å². The van der Waals surface area contributed by atoms with E-state index in [4.69, 9.17) is 4.74 Å². The Bertz CT molecular complexity index is 769. The van der Waals surface area contributed by atoms with Crippen molar-refractivity contribution in [1.82, 2.24) is 10.3 Å². The minimum Gasteiger partial charge on any atom is -0.376 e. The summed E-state index contributed by atoms with van der Waals surface area (Å²) < 4.78 is 5.89. The highest BCUT2D eigenvalue weighted by Crippen LogP contribution is 2.25. The third kappa shape index (κ3) is 3.85. The summed E-state index contributed by atoms with van der Waals surface area (Å²) in [6, 6.07) is 8.93. The average molecular weight is 328 g/mol. The number of carbonyl (C=O) groups is 1. The van der Waals surface area contributed by atoms with E-state index in [-0.39, 0.29) is 17.2 Å². The second-order valence-electron chi connectivity index (χ2n) is 6.53. The van der Waals surface area contributed by atoms with Crippen molar-refractivity contribution in [2.75, 3.05) is 13.2 Å². The van der Waals surface area contributed by atoms with Gasteiger partial charge in [-0.15, -0.1) is 0 Å². The number of nitrogens with one attached hydrogen (secondary N) is 2. The average Bonchev–Trinajstić information content (AvgIpc) is 2.60. The van der Waals surface area contributed by atoms with Crippen molar-refractivity contribution >= 4 is 16.7 Å². The molecule has 0 aliphatic heterocycles. The molecule has 2 atom stereocenters. The molecule has 0 unspecified atom stereocenters. The van der Waals surface area contributed by atoms with Gasteiger partial charge in [0.2, 0.25) is 0 Å². The minimum atomic E-state index is -0.279. The lowest BCUT2D eigenvalue weighted by atomic mass is 9.88. The van der Waals surface area contributed by atoms with Crippen molar-refractivity contribution in [3.8, 4) is 0 Å². The Morgan fingerprint density at radius 2 is 2.08 bits per heavy atom. The Labute approximate surface area is 141 Å². The fraction of sp³-hybridized carbons (Fsp3) is 0.474. The number of H-pyrrole nitrogens is 1. The van der Waals surface area contributed by atoms with Crippen molar-refractivity contribution in [1.29, 1.82) is 0 Å². The number of rotatable bonds is 5. The Morgan fingerprint density at radius 3 is 2.92 bits per heavy atom. The number of pyridine rings is 1. The van der Waals surface area contributed by atoms with E-state index in [1.165, 1.54) is 19.3 Å². The van der Waals surface area contributed by atoms with Crippen molar-refractivity contribution in [3.05, 3.63) is 46.4 Å². The van der Waals surface area contributed by atoms with Crippen molar-refractivity contribution in [2.45, 2.75) is 38.7 Å². The molecule has 3 rings (SSSR count). The van der Waals surface area contributed by atoms with Gasteiger partial charge in [-0.25, -0.2) is 0 Å². The first-order valence-corrected chi connectivity index (χ1v) is 8.67. The molecule has 128 valence electrons. The minimum absolute atomic E-state index is 0.245. The summed E-state index contributed by atoms with van der Waals surface area (Å²) in [5.74, 6) is 0.310. The Balaban J connectivity index is 1.54. The number of ether oxygens (including phenoxy) is 1. The second kappa shape index (κ2) is 7.62. The molecule has 24 heavy (non-hydrogen) atoms. The molecule has 5 nitrogen and oxygen atoms in total. The van der Waals surface area contributed by atoms with Crippen LogP contribution >= 0.6 is 0 Å². The second-order valence-corrected chi connectivity index (χ2v) is 6.53. The van der Waals surface area contributed by atoms with Gasteiger partial charge in [0.1, 0.15) is 5.69 Å². The first-order valence-electron chi connectivity index (χ1n) is 8.67. The largest absolute Gasteiger partial charge is 0.376 e. The summed E-state index contributed by atoms with van der Waals surface area (Å²) in [7, 11) is 0. The van der Waals surface area contributed by atoms with Gasteiger partial charge in [-0.05, 0) is 36.3 Å². The molecular formula is C19H24N2O3. The SMILES string of the molecule is C[C@H]1CCCC[C@@H]1OCCNC(=O)c1cc2ccccc2c(=O)[nH]1. The van der Waals surface area contributed by atoms with E-state index < -0.39 is 0 Å². The lowest BCUT2D eigenvalue weighted by molar-refractivity contribution is -0.00295. The van der Waals surface area contributed by atoms with Crippen LogP contribution < -0.4 is 10.9 Å². The van der Waals surface area contributed by atoms with Crippen LogP contribution in [0.3, 0.4) is 0 Å². The van der Waals surface area contributed by atoms with Crippen molar-refractivity contribution < 1.29 is 9.53 Å². The number of hydrogen-bond acceptors (Lipinski definition) is 3. The predicted octanol–water partition coefficient (Wildman–Crippen LogP) is 2.85. The number of aromatic amines is 1. The molecule has 1 fully saturated rings. The van der Waals surface area contributed by atoms with Crippen LogP contribution in [0.1, 0.15) is 43.1 Å². The van der Waals surface area contributed by atoms with Gasteiger partial charge in [0.25, 0.3) is 11.5 Å². The number of hydrogen-bond donors (Lipinski definition) is 2. The summed E-state index contributed by atoms with van der Waals surface area (Å²) in [4.78, 5) is 26.9. The van der Waals surface area contributed by atoms with Gasteiger partial charge in [-0.3, -0.25) is 9.59 Å². The maximum absolute atomic E-state index is 12.2. The van der Waals surface area contributed by atoms with E-state index in [0.29, 0.717) is 30.6 Å². The Morgan fingerprint density at radius 1 is 1.29 bits per heavy atom. The predicted molar refractivity (Wildman–Crippen MR) is 94.3 cm³/mol. The molecule has 1 saturated carbocycles. The molecule has 0 spiro atoms. The zero-order valence-electron chi connectivity index (χ0n) is 14.0. The number of aromatic nitrogens is 1. The van der Waals surface area contributed by atoms with Gasteiger partial charge in [0.05, 0.1) is 12.7 Å². The van der Waals surface area contributed by atoms with E-state index in [9.17, 15) is 9.59 Å². The lowest BCUT2D eigenvalue weighted by Crippen LogP contribution is -2.32. The highest BCUT2D eigenvalue weighted by Gasteiger charge is 2.21. The van der Waals surface area contributed by atoms with Crippen molar-refractivity contribution in [2.24, 2.45) is 5.92 Å². The Hall–Kier alpha value is -2.14. The highest BCUT2D eigenvalue weighted by molar-refractivity contribution is 5.96. The van der Waals surface area contributed by atoms with Crippen molar-refractivity contribution in [3.63, 3.8) is 0 Å². The smallest absolute Gasteiger partial charge is 0.267 e. The Kier molecular flexibility index (Phi) is 5.30. The lowest BCUT2D eigenvalue weighted by Gasteiger charge is -2.28. The van der Waals surface area contributed by atoms with E-state index >= 15 is 0 Å². The van der Waals surface area contributed by atoms with Gasteiger partial charge < -0.3 is 15.0 Å². The first-order chi connectivity index (χ1) is 11.6. The van der Waals surface area contributed by atoms with E-state index in [1.807, 2.05) is 12.1 Å². The monoisotopic (exact) mass is 328 g/mol.